The molecule has 3 N–H and O–H groups in total. The van der Waals surface area contributed by atoms with Gasteiger partial charge in [-0.05, 0) is 24.3 Å². The molecular weight excluding hydrogens is 346 g/mol. The number of carbonyl (C=O) groups is 2. The molecule has 0 unspecified atom stereocenters. The molecule has 0 aliphatic carbocycles. The molecule has 2 aromatic rings. The standard InChI is InChI=1S/C15H19N5O4S/c1-3-14(21)17-11-4-6-12(7-5-11)25(23,24)16-10-15(22)18-13-8-9-20(2)19-13/h4-9,16H,3,10H2,1-2H3,(H,17,21)(H,18,19,22). The van der Waals surface area contributed by atoms with Crippen LogP contribution in [0.3, 0.4) is 0 Å². The molecular formula is C15H19N5O4S. The summed E-state index contributed by atoms with van der Waals surface area (Å²) in [7, 11) is -2.14. The summed E-state index contributed by atoms with van der Waals surface area (Å²) in [4.78, 5) is 23.1. The molecule has 0 bridgehead atoms. The zero-order valence-electron chi connectivity index (χ0n) is 13.8. The minimum atomic E-state index is -3.84. The lowest BCUT2D eigenvalue weighted by Gasteiger charge is -2.08. The average molecular weight is 365 g/mol. The number of carbonyl (C=O) groups excluding carboxylic acids is 2. The van der Waals surface area contributed by atoms with Gasteiger partial charge in [-0.15, -0.1) is 0 Å². The maximum Gasteiger partial charge on any atom is 0.241 e. The number of benzene rings is 1. The summed E-state index contributed by atoms with van der Waals surface area (Å²) >= 11 is 0. The molecule has 0 aliphatic heterocycles. The molecule has 0 saturated heterocycles. The van der Waals surface area contributed by atoms with Crippen molar-refractivity contribution in [1.29, 1.82) is 0 Å². The first-order chi connectivity index (χ1) is 11.8. The van der Waals surface area contributed by atoms with Gasteiger partial charge >= 0.3 is 0 Å². The molecule has 0 atom stereocenters. The van der Waals surface area contributed by atoms with Crippen LogP contribution in [0, 0.1) is 0 Å². The van der Waals surface area contributed by atoms with Crippen molar-refractivity contribution >= 4 is 33.3 Å². The van der Waals surface area contributed by atoms with E-state index in [1.54, 1.807) is 26.2 Å². The van der Waals surface area contributed by atoms with Crippen molar-refractivity contribution < 1.29 is 18.0 Å². The second kappa shape index (κ2) is 7.90. The van der Waals surface area contributed by atoms with E-state index in [9.17, 15) is 18.0 Å². The van der Waals surface area contributed by atoms with Crippen molar-refractivity contribution in [2.45, 2.75) is 18.2 Å². The highest BCUT2D eigenvalue weighted by Gasteiger charge is 2.16. The molecule has 1 aromatic carbocycles. The summed E-state index contributed by atoms with van der Waals surface area (Å²) < 4.78 is 28.1. The van der Waals surface area contributed by atoms with Gasteiger partial charge in [-0.2, -0.15) is 5.10 Å². The Bertz CT molecular complexity index is 858. The lowest BCUT2D eigenvalue weighted by atomic mass is 10.3. The second-order valence-electron chi connectivity index (χ2n) is 5.17. The molecule has 2 amide bonds. The molecule has 0 radical (unpaired) electrons. The minimum absolute atomic E-state index is 0.00682. The molecule has 25 heavy (non-hydrogen) atoms. The first-order valence-corrected chi connectivity index (χ1v) is 8.97. The molecule has 0 fully saturated rings. The van der Waals surface area contributed by atoms with Crippen LogP contribution >= 0.6 is 0 Å². The fourth-order valence-electron chi connectivity index (χ4n) is 1.88. The van der Waals surface area contributed by atoms with Crippen molar-refractivity contribution in [3.63, 3.8) is 0 Å². The van der Waals surface area contributed by atoms with Gasteiger partial charge in [0.15, 0.2) is 5.82 Å². The smallest absolute Gasteiger partial charge is 0.241 e. The van der Waals surface area contributed by atoms with Gasteiger partial charge in [0.25, 0.3) is 0 Å². The zero-order valence-corrected chi connectivity index (χ0v) is 14.6. The van der Waals surface area contributed by atoms with Gasteiger partial charge in [-0.3, -0.25) is 14.3 Å². The number of aromatic nitrogens is 2. The van der Waals surface area contributed by atoms with Gasteiger partial charge in [-0.25, -0.2) is 13.1 Å². The van der Waals surface area contributed by atoms with Crippen LogP contribution in [0.1, 0.15) is 13.3 Å². The van der Waals surface area contributed by atoms with E-state index < -0.39 is 22.5 Å². The van der Waals surface area contributed by atoms with Crippen LogP contribution < -0.4 is 15.4 Å². The first-order valence-electron chi connectivity index (χ1n) is 7.49. The third kappa shape index (κ3) is 5.40. The lowest BCUT2D eigenvalue weighted by Crippen LogP contribution is -2.33. The number of sulfonamides is 1. The summed E-state index contributed by atoms with van der Waals surface area (Å²) in [6.45, 7) is 1.29. The van der Waals surface area contributed by atoms with Gasteiger partial charge in [0, 0.05) is 31.4 Å². The van der Waals surface area contributed by atoms with Gasteiger partial charge in [0.1, 0.15) is 0 Å². The molecule has 0 spiro atoms. The topological polar surface area (TPSA) is 122 Å². The number of nitrogens with one attached hydrogen (secondary N) is 3. The van der Waals surface area contributed by atoms with Crippen molar-refractivity contribution in [2.24, 2.45) is 7.05 Å². The predicted molar refractivity (Wildman–Crippen MR) is 92.4 cm³/mol. The highest BCUT2D eigenvalue weighted by molar-refractivity contribution is 7.89. The molecule has 2 rings (SSSR count). The van der Waals surface area contributed by atoms with E-state index in [2.05, 4.69) is 20.5 Å². The van der Waals surface area contributed by atoms with E-state index in [0.717, 1.165) is 0 Å². The van der Waals surface area contributed by atoms with E-state index in [1.165, 1.54) is 28.9 Å². The Morgan fingerprint density at radius 2 is 1.76 bits per heavy atom. The third-order valence-corrected chi connectivity index (χ3v) is 4.59. The van der Waals surface area contributed by atoms with Gasteiger partial charge in [0.2, 0.25) is 21.8 Å². The van der Waals surface area contributed by atoms with Crippen LogP contribution in [-0.4, -0.2) is 36.6 Å². The Morgan fingerprint density at radius 1 is 1.08 bits per heavy atom. The van der Waals surface area contributed by atoms with Crippen molar-refractivity contribution in [1.82, 2.24) is 14.5 Å². The molecule has 0 saturated carbocycles. The summed E-state index contributed by atoms with van der Waals surface area (Å²) in [6, 6.07) is 7.26. The van der Waals surface area contributed by atoms with E-state index in [1.807, 2.05) is 0 Å². The summed E-state index contributed by atoms with van der Waals surface area (Å²) in [6.07, 6.45) is 1.98. The van der Waals surface area contributed by atoms with E-state index in [4.69, 9.17) is 0 Å². The average Bonchev–Trinajstić information content (AvgIpc) is 2.98. The van der Waals surface area contributed by atoms with Crippen LogP contribution in [0.2, 0.25) is 0 Å². The number of anilines is 2. The Morgan fingerprint density at radius 3 is 2.32 bits per heavy atom. The second-order valence-corrected chi connectivity index (χ2v) is 6.94. The normalized spacial score (nSPS) is 11.1. The fraction of sp³-hybridized carbons (Fsp3) is 0.267. The van der Waals surface area contributed by atoms with Gasteiger partial charge < -0.3 is 10.6 Å². The summed E-state index contributed by atoms with van der Waals surface area (Å²) in [5.74, 6) is -0.364. The van der Waals surface area contributed by atoms with Crippen molar-refractivity contribution in [2.75, 3.05) is 17.2 Å². The first kappa shape index (κ1) is 18.6. The van der Waals surface area contributed by atoms with Crippen LogP contribution in [0.5, 0.6) is 0 Å². The Balaban J connectivity index is 1.94. The summed E-state index contributed by atoms with van der Waals surface area (Å²) in [5.41, 5.74) is 0.499. The Kier molecular flexibility index (Phi) is 5.88. The van der Waals surface area contributed by atoms with E-state index in [0.29, 0.717) is 17.9 Å². The maximum atomic E-state index is 12.2. The molecule has 0 aliphatic rings. The number of hydrogen-bond donors (Lipinski definition) is 3. The maximum absolute atomic E-state index is 12.2. The quantitative estimate of drug-likeness (QED) is 0.666. The minimum Gasteiger partial charge on any atom is -0.326 e. The number of amides is 2. The van der Waals surface area contributed by atoms with Crippen LogP contribution in [-0.2, 0) is 26.7 Å². The van der Waals surface area contributed by atoms with Crippen LogP contribution in [0.4, 0.5) is 11.5 Å². The largest absolute Gasteiger partial charge is 0.326 e. The summed E-state index contributed by atoms with van der Waals surface area (Å²) in [5, 5.41) is 9.07. The predicted octanol–water partition coefficient (Wildman–Crippen LogP) is 0.686. The third-order valence-electron chi connectivity index (χ3n) is 3.17. The zero-order chi connectivity index (χ0) is 18.4. The highest BCUT2D eigenvalue weighted by Crippen LogP contribution is 2.14. The number of hydrogen-bond acceptors (Lipinski definition) is 5. The Hall–Kier alpha value is -2.72. The van der Waals surface area contributed by atoms with Crippen molar-refractivity contribution in [3.05, 3.63) is 36.5 Å². The molecule has 10 heteroatoms. The lowest BCUT2D eigenvalue weighted by molar-refractivity contribution is -0.116. The molecule has 1 heterocycles. The molecule has 134 valence electrons. The number of rotatable bonds is 7. The van der Waals surface area contributed by atoms with Gasteiger partial charge in [-0.1, -0.05) is 6.92 Å². The van der Waals surface area contributed by atoms with E-state index >= 15 is 0 Å². The molecule has 9 nitrogen and oxygen atoms in total. The fourth-order valence-corrected chi connectivity index (χ4v) is 2.86. The monoisotopic (exact) mass is 365 g/mol. The molecule has 1 aromatic heterocycles. The van der Waals surface area contributed by atoms with Gasteiger partial charge in [0.05, 0.1) is 11.4 Å². The van der Waals surface area contributed by atoms with E-state index in [-0.39, 0.29) is 10.8 Å². The van der Waals surface area contributed by atoms with Crippen LogP contribution in [0.25, 0.3) is 0 Å². The highest BCUT2D eigenvalue weighted by atomic mass is 32.2. The van der Waals surface area contributed by atoms with Crippen molar-refractivity contribution in [3.8, 4) is 0 Å². The number of nitrogens with zero attached hydrogens (tertiary/aromatic N) is 2. The Labute approximate surface area is 145 Å². The SMILES string of the molecule is CCC(=O)Nc1ccc(S(=O)(=O)NCC(=O)Nc2ccn(C)n2)cc1. The van der Waals surface area contributed by atoms with Crippen LogP contribution in [0.15, 0.2) is 41.4 Å². The number of aryl methyl sites for hydroxylation is 1.